The van der Waals surface area contributed by atoms with Gasteiger partial charge in [-0.3, -0.25) is 14.9 Å². The number of urea groups is 1. The van der Waals surface area contributed by atoms with Gasteiger partial charge in [0.1, 0.15) is 6.61 Å². The Hall–Kier alpha value is -3.43. The highest BCUT2D eigenvalue weighted by Gasteiger charge is 2.30. The molecule has 0 radical (unpaired) electrons. The van der Waals surface area contributed by atoms with E-state index in [0.29, 0.717) is 0 Å². The highest BCUT2D eigenvalue weighted by Crippen LogP contribution is 2.19. The van der Waals surface area contributed by atoms with Crippen molar-refractivity contribution in [2.45, 2.75) is 26.3 Å². The molecule has 10 heteroatoms. The molecule has 0 bridgehead atoms. The predicted molar refractivity (Wildman–Crippen MR) is 92.5 cm³/mol. The normalized spacial score (nSPS) is 16.2. The molecule has 144 valence electrons. The average Bonchev–Trinajstić information content (AvgIpc) is 2.59. The number of carbonyl (C=O) groups is 3. The molecular formula is C17H19N3O7. The summed E-state index contributed by atoms with van der Waals surface area (Å²) in [5.41, 5.74) is 0.273. The number of nitrogens with zero attached hydrogens (tertiary/aromatic N) is 1. The maximum absolute atomic E-state index is 12.1. The molecule has 0 aromatic heterocycles. The topological polar surface area (TPSA) is 137 Å². The van der Waals surface area contributed by atoms with E-state index in [9.17, 15) is 24.5 Å². The highest BCUT2D eigenvalue weighted by atomic mass is 16.6. The van der Waals surface area contributed by atoms with E-state index < -0.39 is 28.9 Å². The van der Waals surface area contributed by atoms with E-state index in [1.807, 2.05) is 0 Å². The van der Waals surface area contributed by atoms with Crippen LogP contribution in [0.1, 0.15) is 19.4 Å². The third-order valence-corrected chi connectivity index (χ3v) is 3.77. The zero-order chi connectivity index (χ0) is 20.0. The van der Waals surface area contributed by atoms with Crippen molar-refractivity contribution in [2.75, 3.05) is 13.2 Å². The summed E-state index contributed by atoms with van der Waals surface area (Å²) >= 11 is 0. The number of benzene rings is 1. The van der Waals surface area contributed by atoms with Crippen LogP contribution in [0, 0.1) is 10.1 Å². The molecule has 0 saturated carbocycles. The third kappa shape index (κ3) is 5.03. The van der Waals surface area contributed by atoms with Crippen molar-refractivity contribution in [2.24, 2.45) is 0 Å². The molecule has 2 N–H and O–H groups in total. The number of ether oxygens (including phenoxy) is 2. The number of carbonyl (C=O) groups excluding carboxylic acids is 3. The summed E-state index contributed by atoms with van der Waals surface area (Å²) in [7, 11) is 0. The van der Waals surface area contributed by atoms with Gasteiger partial charge >= 0.3 is 18.0 Å². The van der Waals surface area contributed by atoms with Crippen molar-refractivity contribution >= 4 is 23.7 Å². The Bertz CT molecular complexity index is 803. The van der Waals surface area contributed by atoms with Crippen LogP contribution in [0.25, 0.3) is 0 Å². The first kappa shape index (κ1) is 19.9. The first-order valence-electron chi connectivity index (χ1n) is 8.19. The summed E-state index contributed by atoms with van der Waals surface area (Å²) in [5.74, 6) is -1.37. The van der Waals surface area contributed by atoms with Gasteiger partial charge in [0.2, 0.25) is 0 Å². The van der Waals surface area contributed by atoms with Gasteiger partial charge in [-0.05, 0) is 13.8 Å². The lowest BCUT2D eigenvalue weighted by atomic mass is 10.0. The quantitative estimate of drug-likeness (QED) is 0.414. The predicted octanol–water partition coefficient (Wildman–Crippen LogP) is 1.20. The van der Waals surface area contributed by atoms with Crippen LogP contribution < -0.4 is 10.6 Å². The fraction of sp³-hybridized carbons (Fsp3) is 0.353. The fourth-order valence-corrected chi connectivity index (χ4v) is 2.59. The van der Waals surface area contributed by atoms with E-state index in [2.05, 4.69) is 10.6 Å². The van der Waals surface area contributed by atoms with Crippen molar-refractivity contribution in [3.8, 4) is 0 Å². The van der Waals surface area contributed by atoms with Crippen LogP contribution in [0.3, 0.4) is 0 Å². The van der Waals surface area contributed by atoms with E-state index in [1.165, 1.54) is 18.2 Å². The summed E-state index contributed by atoms with van der Waals surface area (Å²) in [6.07, 6.45) is -0.319. The van der Waals surface area contributed by atoms with Gasteiger partial charge < -0.3 is 20.1 Å². The van der Waals surface area contributed by atoms with Gasteiger partial charge in [0.05, 0.1) is 35.3 Å². The minimum absolute atomic E-state index is 0.112. The number of amides is 2. The second kappa shape index (κ2) is 8.79. The van der Waals surface area contributed by atoms with Gasteiger partial charge in [-0.25, -0.2) is 9.59 Å². The Morgan fingerprint density at radius 3 is 2.63 bits per heavy atom. The number of nitrogens with one attached hydrogen (secondary N) is 2. The number of nitro benzene ring substituents is 1. The number of nitro groups is 1. The molecule has 10 nitrogen and oxygen atoms in total. The van der Waals surface area contributed by atoms with Crippen LogP contribution in [-0.2, 0) is 25.5 Å². The number of para-hydroxylation sites is 1. The molecule has 2 rings (SSSR count). The lowest BCUT2D eigenvalue weighted by molar-refractivity contribution is -0.385. The highest BCUT2D eigenvalue weighted by molar-refractivity contribution is 5.94. The Labute approximate surface area is 154 Å². The van der Waals surface area contributed by atoms with Gasteiger partial charge in [-0.2, -0.15) is 0 Å². The minimum atomic E-state index is -0.736. The van der Waals surface area contributed by atoms with Gasteiger partial charge in [0, 0.05) is 11.6 Å². The van der Waals surface area contributed by atoms with E-state index in [0.717, 1.165) is 0 Å². The molecule has 27 heavy (non-hydrogen) atoms. The summed E-state index contributed by atoms with van der Waals surface area (Å²) in [4.78, 5) is 46.2. The molecule has 0 fully saturated rings. The smallest absolute Gasteiger partial charge is 0.338 e. The van der Waals surface area contributed by atoms with Crippen molar-refractivity contribution in [3.63, 3.8) is 0 Å². The molecular weight excluding hydrogens is 358 g/mol. The summed E-state index contributed by atoms with van der Waals surface area (Å²) in [5, 5.41) is 16.0. The molecule has 1 aliphatic heterocycles. The van der Waals surface area contributed by atoms with Gasteiger partial charge in [-0.1, -0.05) is 18.2 Å². The van der Waals surface area contributed by atoms with Crippen LogP contribution in [0.15, 0.2) is 35.5 Å². The summed E-state index contributed by atoms with van der Waals surface area (Å²) in [6.45, 7) is 3.02. The number of hydrogen-bond acceptors (Lipinski definition) is 7. The van der Waals surface area contributed by atoms with Gasteiger partial charge in [-0.15, -0.1) is 0 Å². The first-order chi connectivity index (χ1) is 12.8. The van der Waals surface area contributed by atoms with Crippen LogP contribution in [0.5, 0.6) is 0 Å². The third-order valence-electron chi connectivity index (χ3n) is 3.77. The second-order valence-corrected chi connectivity index (χ2v) is 5.66. The molecule has 1 aromatic carbocycles. The zero-order valence-electron chi connectivity index (χ0n) is 14.8. The van der Waals surface area contributed by atoms with E-state index in [1.54, 1.807) is 19.9 Å². The second-order valence-electron chi connectivity index (χ2n) is 5.66. The Kier molecular flexibility index (Phi) is 6.47. The molecule has 0 aliphatic carbocycles. The van der Waals surface area contributed by atoms with Gasteiger partial charge in [0.25, 0.3) is 5.69 Å². The molecule has 1 atom stereocenters. The largest absolute Gasteiger partial charge is 0.463 e. The van der Waals surface area contributed by atoms with Crippen molar-refractivity contribution < 1.29 is 28.8 Å². The molecule has 1 aliphatic rings. The molecule has 0 spiro atoms. The van der Waals surface area contributed by atoms with Crippen LogP contribution in [0.2, 0.25) is 0 Å². The van der Waals surface area contributed by atoms with Crippen LogP contribution in [0.4, 0.5) is 10.5 Å². The minimum Gasteiger partial charge on any atom is -0.463 e. The first-order valence-corrected chi connectivity index (χ1v) is 8.19. The van der Waals surface area contributed by atoms with Crippen molar-refractivity contribution in [3.05, 3.63) is 51.2 Å². The number of esters is 2. The van der Waals surface area contributed by atoms with Crippen LogP contribution in [-0.4, -0.2) is 42.1 Å². The summed E-state index contributed by atoms with van der Waals surface area (Å²) in [6, 6.07) is 4.65. The Balaban J connectivity index is 2.11. The van der Waals surface area contributed by atoms with E-state index in [4.69, 9.17) is 9.47 Å². The molecule has 1 heterocycles. The maximum atomic E-state index is 12.1. The van der Waals surface area contributed by atoms with Crippen molar-refractivity contribution in [1.82, 2.24) is 10.6 Å². The Morgan fingerprint density at radius 2 is 1.96 bits per heavy atom. The SMILES string of the molecule is CCOC(=O)C1=C(COC(=O)Cc2ccccc2[N+](=O)[O-])NC(=O)N[C@H]1C. The molecule has 2 amide bonds. The average molecular weight is 377 g/mol. The zero-order valence-corrected chi connectivity index (χ0v) is 14.8. The fourth-order valence-electron chi connectivity index (χ4n) is 2.59. The Morgan fingerprint density at radius 1 is 1.26 bits per heavy atom. The monoisotopic (exact) mass is 377 g/mol. The van der Waals surface area contributed by atoms with Gasteiger partial charge in [0.15, 0.2) is 0 Å². The standard InChI is InChI=1S/C17H19N3O7/c1-3-26-16(22)15-10(2)18-17(23)19-12(15)9-27-14(21)8-11-6-4-5-7-13(11)20(24)25/h4-7,10H,3,8-9H2,1-2H3,(H2,18,19,23)/t10-/m0/s1. The number of hydrogen-bond donors (Lipinski definition) is 2. The number of rotatable bonds is 7. The molecule has 0 saturated heterocycles. The lowest BCUT2D eigenvalue weighted by Gasteiger charge is -2.26. The van der Waals surface area contributed by atoms with Crippen LogP contribution >= 0.6 is 0 Å². The van der Waals surface area contributed by atoms with E-state index in [-0.39, 0.29) is 42.2 Å². The maximum Gasteiger partial charge on any atom is 0.338 e. The van der Waals surface area contributed by atoms with Crippen molar-refractivity contribution in [1.29, 1.82) is 0 Å². The van der Waals surface area contributed by atoms with E-state index >= 15 is 0 Å². The summed E-state index contributed by atoms with van der Waals surface area (Å²) < 4.78 is 10.1. The lowest BCUT2D eigenvalue weighted by Crippen LogP contribution is -2.50. The molecule has 0 unspecified atom stereocenters. The molecule has 1 aromatic rings.